The first-order valence-electron chi connectivity index (χ1n) is 9.05. The predicted octanol–water partition coefficient (Wildman–Crippen LogP) is 4.89. The normalized spacial score (nSPS) is 10.8. The zero-order valence-electron chi connectivity index (χ0n) is 15.5. The van der Waals surface area contributed by atoms with E-state index in [4.69, 9.17) is 23.2 Å². The predicted molar refractivity (Wildman–Crippen MR) is 114 cm³/mol. The van der Waals surface area contributed by atoms with Crippen molar-refractivity contribution >= 4 is 51.6 Å². The number of H-pyrrole nitrogens is 1. The molecule has 5 nitrogen and oxygen atoms in total. The number of aromatic nitrogens is 1. The third kappa shape index (κ3) is 4.86. The van der Waals surface area contributed by atoms with Gasteiger partial charge in [-0.25, -0.2) is 0 Å². The molecule has 0 fully saturated rings. The van der Waals surface area contributed by atoms with Gasteiger partial charge in [0.25, 0.3) is 0 Å². The summed E-state index contributed by atoms with van der Waals surface area (Å²) in [6.07, 6.45) is 2.84. The summed E-state index contributed by atoms with van der Waals surface area (Å²) in [5, 5.41) is 4.60. The fourth-order valence-corrected chi connectivity index (χ4v) is 3.52. The second-order valence-corrected chi connectivity index (χ2v) is 7.37. The lowest BCUT2D eigenvalue weighted by molar-refractivity contribution is -0.134. The van der Waals surface area contributed by atoms with Crippen molar-refractivity contribution < 1.29 is 9.59 Å². The molecule has 3 rings (SSSR count). The molecule has 2 amide bonds. The van der Waals surface area contributed by atoms with E-state index in [1.165, 1.54) is 0 Å². The highest BCUT2D eigenvalue weighted by molar-refractivity contribution is 6.36. The molecule has 2 N–H and O–H groups in total. The van der Waals surface area contributed by atoms with E-state index in [1.807, 2.05) is 37.4 Å². The van der Waals surface area contributed by atoms with Crippen LogP contribution in [0.2, 0.25) is 10.0 Å². The maximum atomic E-state index is 12.8. The molecule has 0 aliphatic carbocycles. The Bertz CT molecular complexity index is 1000. The topological polar surface area (TPSA) is 65.2 Å². The molecule has 0 radical (unpaired) electrons. The molecule has 0 aliphatic heterocycles. The molecule has 0 aliphatic rings. The van der Waals surface area contributed by atoms with Crippen LogP contribution in [0, 0.1) is 0 Å². The first kappa shape index (κ1) is 20.2. The number of fused-ring (bicyclic) bond motifs is 1. The Balaban J connectivity index is 1.68. The van der Waals surface area contributed by atoms with E-state index in [9.17, 15) is 9.59 Å². The zero-order chi connectivity index (χ0) is 20.1. The molecule has 3 aromatic rings. The monoisotopic (exact) mass is 417 g/mol. The molecule has 0 saturated heterocycles. The number of halogens is 2. The molecule has 0 spiro atoms. The number of amides is 2. The van der Waals surface area contributed by atoms with Gasteiger partial charge in [0.05, 0.1) is 23.7 Å². The molecule has 0 saturated carbocycles. The van der Waals surface area contributed by atoms with Crippen molar-refractivity contribution in [2.24, 2.45) is 0 Å². The van der Waals surface area contributed by atoms with Crippen molar-refractivity contribution in [2.45, 2.75) is 19.8 Å². The van der Waals surface area contributed by atoms with Gasteiger partial charge in [-0.05, 0) is 36.2 Å². The minimum absolute atomic E-state index is 0.0337. The maximum absolute atomic E-state index is 12.8. The number of para-hydroxylation sites is 1. The lowest BCUT2D eigenvalue weighted by Crippen LogP contribution is -2.39. The van der Waals surface area contributed by atoms with Gasteiger partial charge in [0.15, 0.2) is 0 Å². The van der Waals surface area contributed by atoms with E-state index >= 15 is 0 Å². The number of benzene rings is 2. The summed E-state index contributed by atoms with van der Waals surface area (Å²) in [6.45, 7) is 2.44. The van der Waals surface area contributed by atoms with Crippen molar-refractivity contribution in [3.63, 3.8) is 0 Å². The number of aromatic amines is 1. The molecule has 0 atom stereocenters. The van der Waals surface area contributed by atoms with Crippen molar-refractivity contribution in [1.82, 2.24) is 9.88 Å². The molecular weight excluding hydrogens is 397 g/mol. The van der Waals surface area contributed by atoms with E-state index < -0.39 is 0 Å². The molecule has 2 aromatic carbocycles. The third-order valence-corrected chi connectivity index (χ3v) is 4.95. The average Bonchev–Trinajstić information content (AvgIpc) is 3.07. The third-order valence-electron chi connectivity index (χ3n) is 4.40. The summed E-state index contributed by atoms with van der Waals surface area (Å²) in [6, 6.07) is 12.7. The number of rotatable bonds is 7. The minimum Gasteiger partial charge on any atom is -0.361 e. The van der Waals surface area contributed by atoms with E-state index in [0.717, 1.165) is 22.9 Å². The van der Waals surface area contributed by atoms with E-state index in [0.29, 0.717) is 22.3 Å². The zero-order valence-corrected chi connectivity index (χ0v) is 17.0. The summed E-state index contributed by atoms with van der Waals surface area (Å²) in [4.78, 5) is 30.0. The van der Waals surface area contributed by atoms with Crippen LogP contribution in [-0.2, 0) is 16.0 Å². The van der Waals surface area contributed by atoms with Gasteiger partial charge in [-0.1, -0.05) is 48.3 Å². The van der Waals surface area contributed by atoms with Crippen molar-refractivity contribution in [3.05, 3.63) is 64.3 Å². The number of nitrogens with zero attached hydrogens (tertiary/aromatic N) is 1. The number of nitrogens with one attached hydrogen (secondary N) is 2. The van der Waals surface area contributed by atoms with Crippen molar-refractivity contribution in [1.29, 1.82) is 0 Å². The Morgan fingerprint density at radius 1 is 1.14 bits per heavy atom. The fraction of sp³-hybridized carbons (Fsp3) is 0.238. The highest BCUT2D eigenvalue weighted by Gasteiger charge is 2.19. The molecule has 1 heterocycles. The fourth-order valence-electron chi connectivity index (χ4n) is 3.07. The van der Waals surface area contributed by atoms with Gasteiger partial charge < -0.3 is 15.2 Å². The number of carbonyl (C=O) groups excluding carboxylic acids is 2. The van der Waals surface area contributed by atoms with Crippen LogP contribution in [-0.4, -0.2) is 34.8 Å². The number of hydrogen-bond donors (Lipinski definition) is 2. The Morgan fingerprint density at radius 3 is 2.68 bits per heavy atom. The molecule has 28 heavy (non-hydrogen) atoms. The summed E-state index contributed by atoms with van der Waals surface area (Å²) in [7, 11) is 0. The first-order valence-corrected chi connectivity index (χ1v) is 9.81. The summed E-state index contributed by atoms with van der Waals surface area (Å²) < 4.78 is 0. The van der Waals surface area contributed by atoms with Gasteiger partial charge in [0.2, 0.25) is 11.8 Å². The highest BCUT2D eigenvalue weighted by Crippen LogP contribution is 2.25. The Hall–Kier alpha value is -2.50. The molecule has 0 unspecified atom stereocenters. The SMILES string of the molecule is CCCN(CC(=O)Nc1ccc(Cl)cc1Cl)C(=O)Cc1c[nH]c2ccccc12. The Labute approximate surface area is 173 Å². The lowest BCUT2D eigenvalue weighted by atomic mass is 10.1. The maximum Gasteiger partial charge on any atom is 0.244 e. The second-order valence-electron chi connectivity index (χ2n) is 6.52. The van der Waals surface area contributed by atoms with Crippen LogP contribution in [0.4, 0.5) is 5.69 Å². The summed E-state index contributed by atoms with van der Waals surface area (Å²) in [5.41, 5.74) is 2.38. The number of carbonyl (C=O) groups is 2. The second kappa shape index (κ2) is 9.13. The smallest absolute Gasteiger partial charge is 0.244 e. The minimum atomic E-state index is -0.301. The van der Waals surface area contributed by atoms with Gasteiger partial charge in [-0.3, -0.25) is 9.59 Å². The van der Waals surface area contributed by atoms with Crippen LogP contribution in [0.3, 0.4) is 0 Å². The van der Waals surface area contributed by atoms with Crippen LogP contribution < -0.4 is 5.32 Å². The molecule has 1 aromatic heterocycles. The number of anilines is 1. The Kier molecular flexibility index (Phi) is 6.60. The van der Waals surface area contributed by atoms with Crippen LogP contribution in [0.1, 0.15) is 18.9 Å². The van der Waals surface area contributed by atoms with E-state index in [1.54, 1.807) is 23.1 Å². The van der Waals surface area contributed by atoms with Gasteiger partial charge in [-0.2, -0.15) is 0 Å². The standard InChI is InChI=1S/C21H21Cl2N3O2/c1-2-9-26(13-20(27)25-19-8-7-15(22)11-17(19)23)21(28)10-14-12-24-18-6-4-3-5-16(14)18/h3-8,11-12,24H,2,9-10,13H2,1H3,(H,25,27). The van der Waals surface area contributed by atoms with Crippen LogP contribution in [0.5, 0.6) is 0 Å². The molecular formula is C21H21Cl2N3O2. The van der Waals surface area contributed by atoms with Crippen LogP contribution >= 0.6 is 23.2 Å². The first-order chi connectivity index (χ1) is 13.5. The lowest BCUT2D eigenvalue weighted by Gasteiger charge is -2.22. The average molecular weight is 418 g/mol. The largest absolute Gasteiger partial charge is 0.361 e. The number of hydrogen-bond acceptors (Lipinski definition) is 2. The van der Waals surface area contributed by atoms with Gasteiger partial charge in [-0.15, -0.1) is 0 Å². The highest BCUT2D eigenvalue weighted by atomic mass is 35.5. The van der Waals surface area contributed by atoms with E-state index in [2.05, 4.69) is 10.3 Å². The summed E-state index contributed by atoms with van der Waals surface area (Å²) in [5.74, 6) is -0.395. The van der Waals surface area contributed by atoms with Gasteiger partial charge in [0.1, 0.15) is 0 Å². The van der Waals surface area contributed by atoms with E-state index in [-0.39, 0.29) is 24.8 Å². The quantitative estimate of drug-likeness (QED) is 0.574. The summed E-state index contributed by atoms with van der Waals surface area (Å²) >= 11 is 12.0. The molecule has 146 valence electrons. The van der Waals surface area contributed by atoms with Crippen molar-refractivity contribution in [2.75, 3.05) is 18.4 Å². The Morgan fingerprint density at radius 2 is 1.93 bits per heavy atom. The van der Waals surface area contributed by atoms with Gasteiger partial charge >= 0.3 is 0 Å². The van der Waals surface area contributed by atoms with Gasteiger partial charge in [0, 0.05) is 28.7 Å². The van der Waals surface area contributed by atoms with Crippen LogP contribution in [0.25, 0.3) is 10.9 Å². The van der Waals surface area contributed by atoms with Crippen molar-refractivity contribution in [3.8, 4) is 0 Å². The van der Waals surface area contributed by atoms with Crippen LogP contribution in [0.15, 0.2) is 48.7 Å². The molecule has 0 bridgehead atoms. The molecule has 7 heteroatoms.